The third-order valence-corrected chi connectivity index (χ3v) is 3.00. The van der Waals surface area contributed by atoms with Crippen molar-refractivity contribution < 1.29 is 0 Å². The van der Waals surface area contributed by atoms with E-state index in [1.54, 1.807) is 4.52 Å². The monoisotopic (exact) mass is 216 g/mol. The van der Waals surface area contributed by atoms with Gasteiger partial charge in [0.1, 0.15) is 0 Å². The number of rotatable bonds is 4. The molecule has 1 atom stereocenters. The van der Waals surface area contributed by atoms with E-state index in [4.69, 9.17) is 0 Å². The molecule has 3 rings (SSSR count). The molecule has 0 aromatic carbocycles. The molecule has 0 aliphatic heterocycles. The molecule has 1 fully saturated rings. The predicted molar refractivity (Wildman–Crippen MR) is 63.4 cm³/mol. The molecule has 84 valence electrons. The van der Waals surface area contributed by atoms with E-state index in [9.17, 15) is 0 Å². The predicted octanol–water partition coefficient (Wildman–Crippen LogP) is 2.33. The van der Waals surface area contributed by atoms with Crippen molar-refractivity contribution in [3.8, 4) is 0 Å². The highest BCUT2D eigenvalue weighted by Crippen LogP contribution is 2.33. The molecule has 4 heteroatoms. The van der Waals surface area contributed by atoms with Crippen molar-refractivity contribution in [1.29, 1.82) is 0 Å². The molecule has 2 heterocycles. The van der Waals surface area contributed by atoms with E-state index in [0.717, 1.165) is 17.5 Å². The number of hydrogen-bond donors (Lipinski definition) is 1. The number of hydrogen-bond acceptors (Lipinski definition) is 3. The first-order valence-corrected chi connectivity index (χ1v) is 5.89. The lowest BCUT2D eigenvalue weighted by Crippen LogP contribution is -2.16. The minimum absolute atomic E-state index is 0.463. The van der Waals surface area contributed by atoms with Crippen LogP contribution in [0.3, 0.4) is 0 Å². The Kier molecular flexibility index (Phi) is 2.27. The van der Waals surface area contributed by atoms with E-state index in [-0.39, 0.29) is 0 Å². The van der Waals surface area contributed by atoms with E-state index in [2.05, 4.69) is 22.3 Å². The van der Waals surface area contributed by atoms with Crippen LogP contribution in [0.2, 0.25) is 0 Å². The fourth-order valence-corrected chi connectivity index (χ4v) is 2.03. The molecule has 0 amide bonds. The quantitative estimate of drug-likeness (QED) is 0.853. The largest absolute Gasteiger partial charge is 0.350 e. The van der Waals surface area contributed by atoms with Crippen LogP contribution < -0.4 is 5.32 Å². The Labute approximate surface area is 94.7 Å². The standard InChI is InChI=1S/C12H16N4/c1-9(8-10-5-6-10)13-12-14-11-4-2-3-7-16(11)15-12/h2-4,7,9-10H,5-6,8H2,1H3,(H,13,15). The average Bonchev–Trinajstić information content (AvgIpc) is 2.97. The van der Waals surface area contributed by atoms with Crippen molar-refractivity contribution >= 4 is 11.6 Å². The topological polar surface area (TPSA) is 42.2 Å². The summed E-state index contributed by atoms with van der Waals surface area (Å²) in [7, 11) is 0. The Morgan fingerprint density at radius 1 is 1.50 bits per heavy atom. The molecule has 0 bridgehead atoms. The van der Waals surface area contributed by atoms with Gasteiger partial charge < -0.3 is 5.32 Å². The van der Waals surface area contributed by atoms with Gasteiger partial charge in [0, 0.05) is 12.2 Å². The van der Waals surface area contributed by atoms with Crippen LogP contribution in [0.15, 0.2) is 24.4 Å². The molecule has 1 N–H and O–H groups in total. The molecule has 1 aliphatic carbocycles. The molecular formula is C12H16N4. The molecule has 0 radical (unpaired) electrons. The fraction of sp³-hybridized carbons (Fsp3) is 0.500. The van der Waals surface area contributed by atoms with Gasteiger partial charge >= 0.3 is 0 Å². The number of pyridine rings is 1. The third kappa shape index (κ3) is 2.01. The molecule has 16 heavy (non-hydrogen) atoms. The number of nitrogens with zero attached hydrogens (tertiary/aromatic N) is 3. The number of fused-ring (bicyclic) bond motifs is 1. The molecule has 2 aromatic heterocycles. The molecule has 1 aliphatic rings. The Morgan fingerprint density at radius 3 is 3.12 bits per heavy atom. The Bertz CT molecular complexity index is 453. The van der Waals surface area contributed by atoms with Gasteiger partial charge in [0.25, 0.3) is 0 Å². The number of anilines is 1. The number of aromatic nitrogens is 3. The van der Waals surface area contributed by atoms with E-state index in [0.29, 0.717) is 6.04 Å². The summed E-state index contributed by atoms with van der Waals surface area (Å²) in [6.45, 7) is 2.20. The lowest BCUT2D eigenvalue weighted by Gasteiger charge is -2.10. The highest BCUT2D eigenvalue weighted by molar-refractivity contribution is 5.43. The van der Waals surface area contributed by atoms with Gasteiger partial charge in [-0.25, -0.2) is 4.52 Å². The smallest absolute Gasteiger partial charge is 0.243 e. The van der Waals surface area contributed by atoms with Crippen LogP contribution in [-0.2, 0) is 0 Å². The summed E-state index contributed by atoms with van der Waals surface area (Å²) in [6.07, 6.45) is 5.93. The van der Waals surface area contributed by atoms with Gasteiger partial charge in [0.2, 0.25) is 5.95 Å². The average molecular weight is 216 g/mol. The van der Waals surface area contributed by atoms with Gasteiger partial charge in [-0.1, -0.05) is 18.9 Å². The van der Waals surface area contributed by atoms with Crippen molar-refractivity contribution in [2.24, 2.45) is 5.92 Å². The molecule has 4 nitrogen and oxygen atoms in total. The van der Waals surface area contributed by atoms with Crippen LogP contribution in [0.1, 0.15) is 26.2 Å². The van der Waals surface area contributed by atoms with Crippen LogP contribution in [0.4, 0.5) is 5.95 Å². The Morgan fingerprint density at radius 2 is 2.38 bits per heavy atom. The van der Waals surface area contributed by atoms with Gasteiger partial charge in [-0.3, -0.25) is 0 Å². The second-order valence-corrected chi connectivity index (χ2v) is 4.66. The molecule has 0 spiro atoms. The molecule has 1 saturated carbocycles. The van der Waals surface area contributed by atoms with E-state index < -0.39 is 0 Å². The zero-order chi connectivity index (χ0) is 11.0. The highest BCUT2D eigenvalue weighted by Gasteiger charge is 2.23. The van der Waals surface area contributed by atoms with Gasteiger partial charge in [-0.15, -0.1) is 5.10 Å². The summed E-state index contributed by atoms with van der Waals surface area (Å²) in [4.78, 5) is 4.42. The third-order valence-electron chi connectivity index (χ3n) is 3.00. The molecule has 1 unspecified atom stereocenters. The molecule has 2 aromatic rings. The fourth-order valence-electron chi connectivity index (χ4n) is 2.03. The van der Waals surface area contributed by atoms with Gasteiger partial charge in [-0.05, 0) is 31.4 Å². The Hall–Kier alpha value is -1.58. The van der Waals surface area contributed by atoms with Gasteiger partial charge in [0.05, 0.1) is 0 Å². The van der Waals surface area contributed by atoms with Crippen LogP contribution in [-0.4, -0.2) is 20.6 Å². The zero-order valence-corrected chi connectivity index (χ0v) is 9.43. The van der Waals surface area contributed by atoms with Gasteiger partial charge in [-0.2, -0.15) is 4.98 Å². The van der Waals surface area contributed by atoms with Crippen LogP contribution in [0, 0.1) is 5.92 Å². The lowest BCUT2D eigenvalue weighted by molar-refractivity contribution is 0.637. The first-order chi connectivity index (χ1) is 7.81. The van der Waals surface area contributed by atoms with E-state index in [1.807, 2.05) is 24.4 Å². The molecular weight excluding hydrogens is 200 g/mol. The second-order valence-electron chi connectivity index (χ2n) is 4.66. The lowest BCUT2D eigenvalue weighted by atomic mass is 10.2. The number of nitrogens with one attached hydrogen (secondary N) is 1. The summed E-state index contributed by atoms with van der Waals surface area (Å²) in [5.41, 5.74) is 0.892. The van der Waals surface area contributed by atoms with Gasteiger partial charge in [0.15, 0.2) is 5.65 Å². The summed E-state index contributed by atoms with van der Waals surface area (Å²) in [5.74, 6) is 1.67. The van der Waals surface area contributed by atoms with Crippen molar-refractivity contribution in [3.05, 3.63) is 24.4 Å². The Balaban J connectivity index is 1.72. The summed E-state index contributed by atoms with van der Waals surface area (Å²) < 4.78 is 1.80. The first kappa shape index (κ1) is 9.63. The minimum atomic E-state index is 0.463. The maximum atomic E-state index is 4.42. The zero-order valence-electron chi connectivity index (χ0n) is 9.43. The summed E-state index contributed by atoms with van der Waals surface area (Å²) in [6, 6.07) is 6.36. The summed E-state index contributed by atoms with van der Waals surface area (Å²) >= 11 is 0. The summed E-state index contributed by atoms with van der Waals surface area (Å²) in [5, 5.41) is 7.73. The van der Waals surface area contributed by atoms with Crippen LogP contribution in [0.5, 0.6) is 0 Å². The van der Waals surface area contributed by atoms with Crippen LogP contribution >= 0.6 is 0 Å². The highest BCUT2D eigenvalue weighted by atomic mass is 15.3. The van der Waals surface area contributed by atoms with E-state index >= 15 is 0 Å². The first-order valence-electron chi connectivity index (χ1n) is 5.89. The van der Waals surface area contributed by atoms with Crippen molar-refractivity contribution in [1.82, 2.24) is 14.6 Å². The second kappa shape index (κ2) is 3.77. The maximum Gasteiger partial charge on any atom is 0.243 e. The van der Waals surface area contributed by atoms with Crippen molar-refractivity contribution in [2.75, 3.05) is 5.32 Å². The van der Waals surface area contributed by atoms with Crippen molar-refractivity contribution in [2.45, 2.75) is 32.2 Å². The van der Waals surface area contributed by atoms with Crippen LogP contribution in [0.25, 0.3) is 5.65 Å². The molecule has 0 saturated heterocycles. The van der Waals surface area contributed by atoms with Crippen molar-refractivity contribution in [3.63, 3.8) is 0 Å². The van der Waals surface area contributed by atoms with E-state index in [1.165, 1.54) is 19.3 Å². The maximum absolute atomic E-state index is 4.42. The minimum Gasteiger partial charge on any atom is -0.350 e. The normalized spacial score (nSPS) is 17.6. The SMILES string of the molecule is CC(CC1CC1)Nc1nc2ccccn2n1.